The van der Waals surface area contributed by atoms with E-state index in [0.29, 0.717) is 6.61 Å². The average molecular weight is 377 g/mol. The molecule has 0 bridgehead atoms. The second-order valence-corrected chi connectivity index (χ2v) is 8.14. The molecule has 120 valence electrons. The summed E-state index contributed by atoms with van der Waals surface area (Å²) in [5.74, 6) is -0.287. The van der Waals surface area contributed by atoms with Gasteiger partial charge in [0, 0.05) is 6.61 Å². The van der Waals surface area contributed by atoms with Gasteiger partial charge < -0.3 is 4.74 Å². The van der Waals surface area contributed by atoms with Crippen molar-refractivity contribution in [1.29, 1.82) is 0 Å². The number of nitrogens with one attached hydrogen (secondary N) is 1. The van der Waals surface area contributed by atoms with E-state index in [2.05, 4.69) is 4.72 Å². The topological polar surface area (TPSA) is 116 Å². The normalized spacial score (nSPS) is 12.4. The number of sulfonamides is 2. The highest BCUT2D eigenvalue weighted by molar-refractivity contribution is 7.92. The molecule has 0 fully saturated rings. The van der Waals surface area contributed by atoms with Crippen LogP contribution in [0, 0.1) is 0 Å². The van der Waals surface area contributed by atoms with Gasteiger partial charge in [-0.25, -0.2) is 22.0 Å². The number of benzene rings is 1. The maximum atomic E-state index is 11.8. The van der Waals surface area contributed by atoms with Crippen molar-refractivity contribution in [2.45, 2.75) is 11.8 Å². The Kier molecular flexibility index (Phi) is 6.26. The second-order valence-electron chi connectivity index (χ2n) is 3.92. The summed E-state index contributed by atoms with van der Waals surface area (Å²) < 4.78 is 53.2. The quantitative estimate of drug-likeness (QED) is 0.698. The molecule has 0 unspecified atom stereocenters. The molecule has 0 heterocycles. The van der Waals surface area contributed by atoms with Gasteiger partial charge in [0.15, 0.2) is 0 Å². The van der Waals surface area contributed by atoms with E-state index in [9.17, 15) is 16.8 Å². The van der Waals surface area contributed by atoms with Crippen molar-refractivity contribution >= 4 is 48.9 Å². The number of ether oxygens (including phenoxy) is 1. The van der Waals surface area contributed by atoms with Crippen LogP contribution in [0.2, 0.25) is 10.0 Å². The van der Waals surface area contributed by atoms with Crippen molar-refractivity contribution in [2.75, 3.05) is 23.7 Å². The Morgan fingerprint density at radius 2 is 1.71 bits per heavy atom. The van der Waals surface area contributed by atoms with Gasteiger partial charge in [0.2, 0.25) is 20.0 Å². The molecule has 1 aromatic rings. The van der Waals surface area contributed by atoms with E-state index in [0.717, 1.165) is 12.1 Å². The molecule has 0 amide bonds. The fourth-order valence-corrected chi connectivity index (χ4v) is 3.69. The van der Waals surface area contributed by atoms with Crippen LogP contribution in [-0.4, -0.2) is 35.8 Å². The summed E-state index contributed by atoms with van der Waals surface area (Å²) in [5, 5.41) is 4.60. The predicted molar refractivity (Wildman–Crippen MR) is 81.7 cm³/mol. The Morgan fingerprint density at radius 1 is 1.19 bits per heavy atom. The van der Waals surface area contributed by atoms with E-state index in [-0.39, 0.29) is 33.0 Å². The molecule has 0 saturated heterocycles. The summed E-state index contributed by atoms with van der Waals surface area (Å²) >= 11 is 11.7. The van der Waals surface area contributed by atoms with Gasteiger partial charge in [0.1, 0.15) is 0 Å². The lowest BCUT2D eigenvalue weighted by atomic mass is 10.3. The Bertz CT molecular complexity index is 696. The molecule has 11 heteroatoms. The van der Waals surface area contributed by atoms with E-state index in [1.54, 1.807) is 6.92 Å². The standard InChI is InChI=1S/C10H14Cl2N2O5S2/c1-2-19-3-4-20(15,16)14-10-8(11)5-7(6-9(10)12)21(13,17)18/h5-6,14H,2-4H2,1H3,(H2,13,17,18). The Morgan fingerprint density at radius 3 is 2.14 bits per heavy atom. The minimum Gasteiger partial charge on any atom is -0.381 e. The van der Waals surface area contributed by atoms with E-state index in [1.807, 2.05) is 0 Å². The molecule has 0 aliphatic heterocycles. The number of rotatable bonds is 7. The highest BCUT2D eigenvalue weighted by atomic mass is 35.5. The van der Waals surface area contributed by atoms with Crippen LogP contribution in [0.5, 0.6) is 0 Å². The van der Waals surface area contributed by atoms with Gasteiger partial charge in [-0.1, -0.05) is 23.2 Å². The monoisotopic (exact) mass is 376 g/mol. The largest absolute Gasteiger partial charge is 0.381 e. The van der Waals surface area contributed by atoms with Crippen LogP contribution in [0.25, 0.3) is 0 Å². The van der Waals surface area contributed by atoms with Gasteiger partial charge in [0.25, 0.3) is 0 Å². The number of primary sulfonamides is 1. The Labute approximate surface area is 133 Å². The SMILES string of the molecule is CCOCCS(=O)(=O)Nc1c(Cl)cc(S(N)(=O)=O)cc1Cl. The lowest BCUT2D eigenvalue weighted by molar-refractivity contribution is 0.163. The Hall–Kier alpha value is -0.580. The van der Waals surface area contributed by atoms with Crippen molar-refractivity contribution in [3.8, 4) is 0 Å². The van der Waals surface area contributed by atoms with Gasteiger partial charge in [-0.05, 0) is 19.1 Å². The third kappa shape index (κ3) is 5.61. The molecule has 7 nitrogen and oxygen atoms in total. The molecule has 0 aliphatic carbocycles. The van der Waals surface area contributed by atoms with E-state index < -0.39 is 20.0 Å². The first-order chi connectivity index (χ1) is 9.57. The Balaban J connectivity index is 3.05. The first-order valence-electron chi connectivity index (χ1n) is 5.67. The molecular weight excluding hydrogens is 363 g/mol. The van der Waals surface area contributed by atoms with Gasteiger partial charge >= 0.3 is 0 Å². The summed E-state index contributed by atoms with van der Waals surface area (Å²) in [5.41, 5.74) is -0.109. The first kappa shape index (κ1) is 18.5. The van der Waals surface area contributed by atoms with Crippen molar-refractivity contribution in [1.82, 2.24) is 0 Å². The number of anilines is 1. The zero-order valence-electron chi connectivity index (χ0n) is 11.0. The summed E-state index contributed by atoms with van der Waals surface area (Å²) in [7, 11) is -7.72. The molecule has 1 rings (SSSR count). The lowest BCUT2D eigenvalue weighted by Gasteiger charge is -2.12. The van der Waals surface area contributed by atoms with Crippen LogP contribution in [0.4, 0.5) is 5.69 Å². The fourth-order valence-electron chi connectivity index (χ4n) is 1.33. The number of hydrogen-bond donors (Lipinski definition) is 2. The third-order valence-corrected chi connectivity index (χ3v) is 5.01. The van der Waals surface area contributed by atoms with Crippen LogP contribution in [0.1, 0.15) is 6.92 Å². The molecular formula is C10H14Cl2N2O5S2. The molecule has 21 heavy (non-hydrogen) atoms. The highest BCUT2D eigenvalue weighted by Crippen LogP contribution is 2.33. The van der Waals surface area contributed by atoms with E-state index in [4.69, 9.17) is 33.1 Å². The molecule has 0 spiro atoms. The van der Waals surface area contributed by atoms with Crippen molar-refractivity contribution in [3.63, 3.8) is 0 Å². The average Bonchev–Trinajstić information content (AvgIpc) is 2.32. The van der Waals surface area contributed by atoms with Gasteiger partial charge in [0.05, 0.1) is 33.0 Å². The second kappa shape index (κ2) is 7.12. The van der Waals surface area contributed by atoms with Crippen LogP contribution in [0.15, 0.2) is 17.0 Å². The summed E-state index contributed by atoms with van der Waals surface area (Å²) in [6.45, 7) is 2.14. The van der Waals surface area contributed by atoms with Crippen LogP contribution in [-0.2, 0) is 24.8 Å². The zero-order valence-corrected chi connectivity index (χ0v) is 14.1. The van der Waals surface area contributed by atoms with Crippen LogP contribution >= 0.6 is 23.2 Å². The van der Waals surface area contributed by atoms with Gasteiger partial charge in [-0.3, -0.25) is 4.72 Å². The van der Waals surface area contributed by atoms with Crippen molar-refractivity contribution in [3.05, 3.63) is 22.2 Å². The predicted octanol–water partition coefficient (Wildman–Crippen LogP) is 1.42. The minimum absolute atomic E-state index is 0.0103. The summed E-state index contributed by atoms with van der Waals surface area (Å²) in [6.07, 6.45) is 0. The molecule has 0 saturated carbocycles. The highest BCUT2D eigenvalue weighted by Gasteiger charge is 2.19. The van der Waals surface area contributed by atoms with Gasteiger partial charge in [-0.2, -0.15) is 0 Å². The number of halogens is 2. The molecule has 0 aromatic heterocycles. The molecule has 3 N–H and O–H groups in total. The third-order valence-electron chi connectivity index (χ3n) is 2.30. The van der Waals surface area contributed by atoms with Crippen molar-refractivity contribution < 1.29 is 21.6 Å². The maximum absolute atomic E-state index is 11.8. The molecule has 0 aliphatic rings. The van der Waals surface area contributed by atoms with Crippen LogP contribution < -0.4 is 9.86 Å². The maximum Gasteiger partial charge on any atom is 0.238 e. The molecule has 1 aromatic carbocycles. The van der Waals surface area contributed by atoms with E-state index in [1.165, 1.54) is 0 Å². The number of nitrogens with two attached hydrogens (primary N) is 1. The first-order valence-corrected chi connectivity index (χ1v) is 9.62. The van der Waals surface area contributed by atoms with Crippen molar-refractivity contribution in [2.24, 2.45) is 5.14 Å². The van der Waals surface area contributed by atoms with Gasteiger partial charge in [-0.15, -0.1) is 0 Å². The summed E-state index contributed by atoms with van der Waals surface area (Å²) in [6, 6.07) is 2.03. The lowest BCUT2D eigenvalue weighted by Crippen LogP contribution is -2.21. The van der Waals surface area contributed by atoms with E-state index >= 15 is 0 Å². The molecule has 0 atom stereocenters. The van der Waals surface area contributed by atoms with Crippen LogP contribution in [0.3, 0.4) is 0 Å². The summed E-state index contributed by atoms with van der Waals surface area (Å²) in [4.78, 5) is -0.310. The smallest absolute Gasteiger partial charge is 0.238 e. The zero-order chi connectivity index (χ0) is 16.3. The minimum atomic E-state index is -3.99. The molecule has 0 radical (unpaired) electrons. The fraction of sp³-hybridized carbons (Fsp3) is 0.400. The number of hydrogen-bond acceptors (Lipinski definition) is 5.